The minimum absolute atomic E-state index is 0.0930. The van der Waals surface area contributed by atoms with Gasteiger partial charge in [-0.2, -0.15) is 0 Å². The first-order valence-electron chi connectivity index (χ1n) is 26.7. The molecule has 0 bridgehead atoms. The number of allylic oxidation sites excluding steroid dienone is 4. The summed E-state index contributed by atoms with van der Waals surface area (Å²) in [6.07, 6.45) is -24.3. The number of carbonyl (C=O) groups excluding carboxylic acids is 4. The quantitative estimate of drug-likeness (QED) is 0.0522. The van der Waals surface area contributed by atoms with Gasteiger partial charge in [-0.3, -0.25) is 19.2 Å². The minimum Gasteiger partial charge on any atom is -0.459 e. The Bertz CT molecular complexity index is 2390. The van der Waals surface area contributed by atoms with Crippen LogP contribution in [0.25, 0.3) is 0 Å². The van der Waals surface area contributed by atoms with Crippen LogP contribution in [0, 0.1) is 39.4 Å². The van der Waals surface area contributed by atoms with Gasteiger partial charge >= 0.3 is 5.97 Å². The lowest BCUT2D eigenvalue weighted by molar-refractivity contribution is -0.362. The Labute approximate surface area is 451 Å². The highest BCUT2D eigenvalue weighted by Crippen LogP contribution is 2.74. The van der Waals surface area contributed by atoms with E-state index < -0.39 is 198 Å². The van der Waals surface area contributed by atoms with Crippen LogP contribution in [0.2, 0.25) is 0 Å². The number of aliphatic hydroxyl groups is 11. The van der Waals surface area contributed by atoms with Gasteiger partial charge in [-0.15, -0.1) is 0 Å². The molecule has 0 amide bonds. The molecule has 26 atom stereocenters. The Balaban J connectivity index is 1.09. The van der Waals surface area contributed by atoms with Crippen LogP contribution in [0.5, 0.6) is 0 Å². The standard InChI is InChI=1S/C54H80O24/c1-21-33(60)37(64)39(66)45(71-21)76-41-36(63)29(75-48-42(35(62)28(19-55)74-48)77-46-40(67)38(65)34(61)22(2)72-46)20-70-47(41)73-27-16-25-24(50(6,7)44(27)68)12-13-30-51(8)17-26(57)43(52(51,9)18-32(59)53(25,30)10)54(11,69)31(58)14-15-49(4,5)78-23(3)56/h12,14-16,21-22,25-26,28-30,33-43,45-48,55,57,60-67,69H,13,17-20H2,1-11H3/b15-14+/t21-,22-,25+,26+,28-,29-,30-,33-,34-,35-,36-,37+,38+,39+,40+,41-,42+,43-,45-,46-,47+,48-,51-,52+,53-,54-/m0/s1. The highest BCUT2D eigenvalue weighted by molar-refractivity contribution is 6.02. The number of hydrogen-bond donors (Lipinski definition) is 11. The maximum atomic E-state index is 15.3. The summed E-state index contributed by atoms with van der Waals surface area (Å²) in [5.74, 6) is -4.97. The van der Waals surface area contributed by atoms with Gasteiger partial charge < -0.3 is 98.8 Å². The van der Waals surface area contributed by atoms with E-state index in [1.54, 1.807) is 41.5 Å². The Morgan fingerprint density at radius 3 is 1.86 bits per heavy atom. The molecule has 2 saturated carbocycles. The van der Waals surface area contributed by atoms with Crippen molar-refractivity contribution in [2.24, 2.45) is 39.4 Å². The van der Waals surface area contributed by atoms with E-state index in [9.17, 15) is 70.6 Å². The predicted molar refractivity (Wildman–Crippen MR) is 263 cm³/mol. The van der Waals surface area contributed by atoms with Gasteiger partial charge in [0, 0.05) is 30.6 Å². The molecule has 8 rings (SSSR count). The fraction of sp³-hybridized carbons (Fsp3) is 0.815. The van der Waals surface area contributed by atoms with Crippen molar-refractivity contribution in [1.82, 2.24) is 0 Å². The largest absolute Gasteiger partial charge is 0.459 e. The molecule has 0 aromatic rings. The second-order valence-corrected chi connectivity index (χ2v) is 24.7. The molecule has 4 heterocycles. The van der Waals surface area contributed by atoms with Gasteiger partial charge in [0.15, 0.2) is 36.5 Å². The van der Waals surface area contributed by atoms with E-state index in [1.807, 2.05) is 13.0 Å². The number of fused-ring (bicyclic) bond motifs is 5. The Hall–Kier alpha value is -3.22. The molecular formula is C54H80O24. The third-order valence-corrected chi connectivity index (χ3v) is 18.8. The zero-order valence-electron chi connectivity index (χ0n) is 45.8. The number of Topliss-reactive ketones (excluding diaryl/α,β-unsaturated/α-hetero) is 2. The molecule has 24 nitrogen and oxygen atoms in total. The monoisotopic (exact) mass is 1110 g/mol. The smallest absolute Gasteiger partial charge is 0.303 e. The van der Waals surface area contributed by atoms with Crippen molar-refractivity contribution in [2.45, 2.75) is 223 Å². The van der Waals surface area contributed by atoms with Crippen LogP contribution >= 0.6 is 0 Å². The molecule has 440 valence electrons. The van der Waals surface area contributed by atoms with Crippen LogP contribution in [0.3, 0.4) is 0 Å². The summed E-state index contributed by atoms with van der Waals surface area (Å²) in [5, 5.41) is 122. The average Bonchev–Trinajstić information content (AvgIpc) is 3.28. The number of rotatable bonds is 14. The first kappa shape index (κ1) is 60.9. The molecule has 0 unspecified atom stereocenters. The van der Waals surface area contributed by atoms with E-state index in [0.29, 0.717) is 5.57 Å². The lowest BCUT2D eigenvalue weighted by atomic mass is 9.39. The van der Waals surface area contributed by atoms with Gasteiger partial charge in [-0.25, -0.2) is 0 Å². The van der Waals surface area contributed by atoms with Crippen LogP contribution in [0.15, 0.2) is 35.6 Å². The molecule has 24 heteroatoms. The third-order valence-electron chi connectivity index (χ3n) is 18.8. The SMILES string of the molecule is CC(=O)OC(C)(C)/C=C/C(=O)[C@](C)(O)[C@H]1[C@H](O)C[C@@]2(C)[C@@H]3CC=C4[C@@H](C=C(O[C@H]5OC[C@H](O[C@@H]6O[C@@H](CO)[C@H](O)[C@H]6O[C@@H]6O[C@@H](C)[C@H](O)[C@@H](O)[C@H]6O)[C@H](O)[C@@H]5O[C@@H]5O[C@@H](C)[C@H](O)[C@@H](O)[C@H]5O)C(=O)C4(C)C)[C@]3(C)C(=O)C[C@]12C. The maximum absolute atomic E-state index is 15.3. The van der Waals surface area contributed by atoms with Crippen molar-refractivity contribution in [3.05, 3.63) is 35.6 Å². The molecule has 8 aliphatic rings. The van der Waals surface area contributed by atoms with E-state index >= 15 is 4.79 Å². The molecule has 6 fully saturated rings. The number of esters is 1. The summed E-state index contributed by atoms with van der Waals surface area (Å²) >= 11 is 0. The van der Waals surface area contributed by atoms with Gasteiger partial charge in [-0.05, 0) is 96.3 Å². The number of carbonyl (C=O) groups is 4. The molecule has 4 aliphatic heterocycles. The van der Waals surface area contributed by atoms with Gasteiger partial charge in [-0.1, -0.05) is 32.4 Å². The summed E-state index contributed by atoms with van der Waals surface area (Å²) in [5.41, 5.74) is -7.47. The molecule has 78 heavy (non-hydrogen) atoms. The molecule has 0 spiro atoms. The topological polar surface area (TPSA) is 374 Å². The van der Waals surface area contributed by atoms with Gasteiger partial charge in [0.2, 0.25) is 12.1 Å². The second kappa shape index (κ2) is 21.5. The Kier molecular flexibility index (Phi) is 16.8. The second-order valence-electron chi connectivity index (χ2n) is 24.7. The Morgan fingerprint density at radius 2 is 1.31 bits per heavy atom. The van der Waals surface area contributed by atoms with Gasteiger partial charge in [0.1, 0.15) is 84.1 Å². The highest BCUT2D eigenvalue weighted by atomic mass is 16.8. The number of aliphatic hydroxyl groups excluding tert-OH is 10. The lowest BCUT2D eigenvalue weighted by Crippen LogP contribution is -2.64. The van der Waals surface area contributed by atoms with Crippen molar-refractivity contribution < 1.29 is 118 Å². The summed E-state index contributed by atoms with van der Waals surface area (Å²) in [6.45, 7) is 16.0. The number of ether oxygens (including phenoxy) is 9. The van der Waals surface area contributed by atoms with Crippen molar-refractivity contribution >= 4 is 23.3 Å². The molecular weight excluding hydrogens is 1030 g/mol. The maximum Gasteiger partial charge on any atom is 0.303 e. The average molecular weight is 1110 g/mol. The molecule has 11 N–H and O–H groups in total. The third kappa shape index (κ3) is 10.1. The molecule has 0 aromatic heterocycles. The van der Waals surface area contributed by atoms with E-state index in [1.165, 1.54) is 39.8 Å². The first-order valence-corrected chi connectivity index (χ1v) is 26.7. The molecule has 4 aliphatic carbocycles. The highest BCUT2D eigenvalue weighted by Gasteiger charge is 2.74. The number of hydrogen-bond acceptors (Lipinski definition) is 24. The van der Waals surface area contributed by atoms with Crippen molar-refractivity contribution in [3.63, 3.8) is 0 Å². The summed E-state index contributed by atoms with van der Waals surface area (Å²) in [7, 11) is 0. The fourth-order valence-electron chi connectivity index (χ4n) is 14.1. The minimum atomic E-state index is -2.19. The van der Waals surface area contributed by atoms with E-state index in [2.05, 4.69) is 0 Å². The molecule has 0 radical (unpaired) electrons. The zero-order chi connectivity index (χ0) is 57.9. The van der Waals surface area contributed by atoms with E-state index in [4.69, 9.17) is 42.6 Å². The van der Waals surface area contributed by atoms with E-state index in [0.717, 1.165) is 6.08 Å². The van der Waals surface area contributed by atoms with E-state index in [-0.39, 0.29) is 30.8 Å². The zero-order valence-corrected chi connectivity index (χ0v) is 45.8. The van der Waals surface area contributed by atoms with Gasteiger partial charge in [0.25, 0.3) is 0 Å². The van der Waals surface area contributed by atoms with Crippen LogP contribution < -0.4 is 0 Å². The molecule has 0 aromatic carbocycles. The van der Waals surface area contributed by atoms with Crippen molar-refractivity contribution in [2.75, 3.05) is 13.2 Å². The van der Waals surface area contributed by atoms with Crippen LogP contribution in [-0.4, -0.2) is 221 Å². The van der Waals surface area contributed by atoms with Crippen molar-refractivity contribution in [3.8, 4) is 0 Å². The number of ketones is 3. The van der Waals surface area contributed by atoms with Crippen LogP contribution in [0.4, 0.5) is 0 Å². The summed E-state index contributed by atoms with van der Waals surface area (Å²) in [4.78, 5) is 55.8. The lowest BCUT2D eigenvalue weighted by Gasteiger charge is -2.63. The van der Waals surface area contributed by atoms with Crippen LogP contribution in [0.1, 0.15) is 95.4 Å². The normalized spacial score (nSPS) is 48.3. The van der Waals surface area contributed by atoms with Crippen molar-refractivity contribution in [1.29, 1.82) is 0 Å². The predicted octanol–water partition coefficient (Wildman–Crippen LogP) is -1.75. The first-order chi connectivity index (χ1) is 36.1. The summed E-state index contributed by atoms with van der Waals surface area (Å²) < 4.78 is 53.2. The molecule has 4 saturated heterocycles. The Morgan fingerprint density at radius 1 is 0.744 bits per heavy atom. The van der Waals surface area contributed by atoms with Gasteiger partial charge in [0.05, 0.1) is 36.9 Å². The van der Waals surface area contributed by atoms with Crippen LogP contribution in [-0.2, 0) is 61.8 Å². The summed E-state index contributed by atoms with van der Waals surface area (Å²) in [6, 6.07) is 0. The fourth-order valence-corrected chi connectivity index (χ4v) is 14.1.